The number of rotatable bonds is 8. The van der Waals surface area contributed by atoms with E-state index < -0.39 is 0 Å². The van der Waals surface area contributed by atoms with Crippen molar-refractivity contribution in [3.8, 4) is 11.5 Å². The lowest BCUT2D eigenvalue weighted by molar-refractivity contribution is -0.116. The van der Waals surface area contributed by atoms with Gasteiger partial charge in [0.15, 0.2) is 11.5 Å². The number of amides is 1. The van der Waals surface area contributed by atoms with Gasteiger partial charge in [-0.25, -0.2) is 0 Å². The maximum Gasteiger partial charge on any atom is 0.244 e. The Labute approximate surface area is 143 Å². The predicted octanol–water partition coefficient (Wildman–Crippen LogP) is 3.47. The first-order valence-electron chi connectivity index (χ1n) is 8.03. The van der Waals surface area contributed by atoms with Crippen molar-refractivity contribution in [1.82, 2.24) is 5.32 Å². The Hall–Kier alpha value is -2.75. The van der Waals surface area contributed by atoms with Crippen molar-refractivity contribution < 1.29 is 14.3 Å². The maximum atomic E-state index is 11.9. The minimum atomic E-state index is -0.112. The number of hydrogen-bond donors (Lipinski definition) is 1. The van der Waals surface area contributed by atoms with Crippen molar-refractivity contribution >= 4 is 12.0 Å². The van der Waals surface area contributed by atoms with E-state index in [1.807, 2.05) is 55.5 Å². The highest BCUT2D eigenvalue weighted by atomic mass is 16.5. The molecule has 2 rings (SSSR count). The normalized spacial score (nSPS) is 10.6. The smallest absolute Gasteiger partial charge is 0.244 e. The molecule has 0 aromatic heterocycles. The standard InChI is InChI=1S/C20H23NO3/c1-3-24-18-11-9-17(15-19(18)23-2)10-12-20(22)21-14-13-16-7-5-4-6-8-16/h4-12,15H,3,13-14H2,1-2H3,(H,21,22)/b12-10+. The molecule has 0 aliphatic heterocycles. The van der Waals surface area contributed by atoms with Crippen molar-refractivity contribution in [3.63, 3.8) is 0 Å². The molecule has 1 amide bonds. The molecular weight excluding hydrogens is 302 g/mol. The molecule has 24 heavy (non-hydrogen) atoms. The monoisotopic (exact) mass is 325 g/mol. The first-order valence-corrected chi connectivity index (χ1v) is 8.03. The molecule has 4 heteroatoms. The molecule has 0 aliphatic carbocycles. The summed E-state index contributed by atoms with van der Waals surface area (Å²) in [6.45, 7) is 3.11. The Morgan fingerprint density at radius 1 is 1.12 bits per heavy atom. The molecule has 0 unspecified atom stereocenters. The summed E-state index contributed by atoms with van der Waals surface area (Å²) in [5, 5.41) is 2.88. The molecule has 0 saturated heterocycles. The molecule has 2 aromatic rings. The number of carbonyl (C=O) groups excluding carboxylic acids is 1. The molecule has 0 saturated carbocycles. The highest BCUT2D eigenvalue weighted by molar-refractivity contribution is 5.91. The summed E-state index contributed by atoms with van der Waals surface area (Å²) in [6.07, 6.45) is 4.10. The van der Waals surface area contributed by atoms with Crippen molar-refractivity contribution in [1.29, 1.82) is 0 Å². The summed E-state index contributed by atoms with van der Waals surface area (Å²) in [5.41, 5.74) is 2.09. The topological polar surface area (TPSA) is 47.6 Å². The summed E-state index contributed by atoms with van der Waals surface area (Å²) < 4.78 is 10.8. The van der Waals surface area contributed by atoms with Gasteiger partial charge in [0.2, 0.25) is 5.91 Å². The Kier molecular flexibility index (Phi) is 6.90. The first-order chi connectivity index (χ1) is 11.7. The van der Waals surface area contributed by atoms with Crippen molar-refractivity contribution in [2.45, 2.75) is 13.3 Å². The van der Waals surface area contributed by atoms with E-state index in [0.29, 0.717) is 24.7 Å². The van der Waals surface area contributed by atoms with Gasteiger partial charge in [0, 0.05) is 12.6 Å². The molecule has 126 valence electrons. The molecule has 0 radical (unpaired) electrons. The van der Waals surface area contributed by atoms with Gasteiger partial charge >= 0.3 is 0 Å². The fraction of sp³-hybridized carbons (Fsp3) is 0.250. The zero-order valence-corrected chi connectivity index (χ0v) is 14.1. The van der Waals surface area contributed by atoms with Gasteiger partial charge < -0.3 is 14.8 Å². The van der Waals surface area contributed by atoms with Gasteiger partial charge in [-0.3, -0.25) is 4.79 Å². The Bertz CT molecular complexity index is 681. The summed E-state index contributed by atoms with van der Waals surface area (Å²) in [7, 11) is 1.60. The highest BCUT2D eigenvalue weighted by Gasteiger charge is 2.04. The van der Waals surface area contributed by atoms with E-state index in [4.69, 9.17) is 9.47 Å². The van der Waals surface area contributed by atoms with Gasteiger partial charge in [0.1, 0.15) is 0 Å². The lowest BCUT2D eigenvalue weighted by atomic mass is 10.1. The second-order valence-electron chi connectivity index (χ2n) is 5.20. The fourth-order valence-electron chi connectivity index (χ4n) is 2.27. The van der Waals surface area contributed by atoms with Gasteiger partial charge in [-0.05, 0) is 42.7 Å². The summed E-state index contributed by atoms with van der Waals surface area (Å²) in [4.78, 5) is 11.9. The number of carbonyl (C=O) groups is 1. The van der Waals surface area contributed by atoms with Gasteiger partial charge in [-0.2, -0.15) is 0 Å². The Morgan fingerprint density at radius 2 is 1.92 bits per heavy atom. The van der Waals surface area contributed by atoms with Gasteiger partial charge in [0.05, 0.1) is 13.7 Å². The van der Waals surface area contributed by atoms with Gasteiger partial charge in [-0.1, -0.05) is 36.4 Å². The van der Waals surface area contributed by atoms with E-state index in [-0.39, 0.29) is 5.91 Å². The van der Waals surface area contributed by atoms with Crippen LogP contribution < -0.4 is 14.8 Å². The highest BCUT2D eigenvalue weighted by Crippen LogP contribution is 2.28. The molecule has 1 N–H and O–H groups in total. The third-order valence-electron chi connectivity index (χ3n) is 3.47. The second kappa shape index (κ2) is 9.40. The minimum Gasteiger partial charge on any atom is -0.493 e. The average Bonchev–Trinajstić information content (AvgIpc) is 2.62. The second-order valence-corrected chi connectivity index (χ2v) is 5.20. The van der Waals surface area contributed by atoms with Crippen molar-refractivity contribution in [2.75, 3.05) is 20.3 Å². The summed E-state index contributed by atoms with van der Waals surface area (Å²) >= 11 is 0. The van der Waals surface area contributed by atoms with E-state index >= 15 is 0 Å². The van der Waals surface area contributed by atoms with Crippen molar-refractivity contribution in [2.24, 2.45) is 0 Å². The van der Waals surface area contributed by atoms with Crippen LogP contribution in [0.2, 0.25) is 0 Å². The number of methoxy groups -OCH3 is 1. The van der Waals surface area contributed by atoms with Crippen LogP contribution >= 0.6 is 0 Å². The van der Waals surface area contributed by atoms with Crippen LogP contribution in [0.15, 0.2) is 54.6 Å². The molecule has 0 bridgehead atoms. The van der Waals surface area contributed by atoms with Crippen LogP contribution in [-0.2, 0) is 11.2 Å². The molecule has 0 atom stereocenters. The SMILES string of the molecule is CCOc1ccc(/C=C/C(=O)NCCc2ccccc2)cc1OC. The number of ether oxygens (including phenoxy) is 2. The lowest BCUT2D eigenvalue weighted by Gasteiger charge is -2.09. The number of hydrogen-bond acceptors (Lipinski definition) is 3. The Balaban J connectivity index is 1.86. The van der Waals surface area contributed by atoms with Crippen LogP contribution in [0, 0.1) is 0 Å². The maximum absolute atomic E-state index is 11.9. The van der Waals surface area contributed by atoms with Gasteiger partial charge in [-0.15, -0.1) is 0 Å². The van der Waals surface area contributed by atoms with Crippen LogP contribution in [0.5, 0.6) is 11.5 Å². The van der Waals surface area contributed by atoms with Gasteiger partial charge in [0.25, 0.3) is 0 Å². The van der Waals surface area contributed by atoms with E-state index in [1.54, 1.807) is 13.2 Å². The third kappa shape index (κ3) is 5.47. The van der Waals surface area contributed by atoms with Crippen LogP contribution in [0.4, 0.5) is 0 Å². The summed E-state index contributed by atoms with van der Waals surface area (Å²) in [5.74, 6) is 1.24. The average molecular weight is 325 g/mol. The largest absolute Gasteiger partial charge is 0.493 e. The molecule has 2 aromatic carbocycles. The van der Waals surface area contributed by atoms with E-state index in [9.17, 15) is 4.79 Å². The Morgan fingerprint density at radius 3 is 2.62 bits per heavy atom. The van der Waals surface area contributed by atoms with Crippen LogP contribution in [0.25, 0.3) is 6.08 Å². The quantitative estimate of drug-likeness (QED) is 0.756. The molecular formula is C20H23NO3. The number of benzene rings is 2. The zero-order valence-electron chi connectivity index (χ0n) is 14.1. The molecule has 0 spiro atoms. The van der Waals surface area contributed by atoms with Crippen LogP contribution in [0.3, 0.4) is 0 Å². The molecule has 4 nitrogen and oxygen atoms in total. The predicted molar refractivity (Wildman–Crippen MR) is 96.4 cm³/mol. The van der Waals surface area contributed by atoms with Crippen LogP contribution in [0.1, 0.15) is 18.1 Å². The van der Waals surface area contributed by atoms with Crippen molar-refractivity contribution in [3.05, 3.63) is 65.7 Å². The molecule has 0 heterocycles. The lowest BCUT2D eigenvalue weighted by Crippen LogP contribution is -2.23. The third-order valence-corrected chi connectivity index (χ3v) is 3.47. The van der Waals surface area contributed by atoms with E-state index in [0.717, 1.165) is 12.0 Å². The first kappa shape index (κ1) is 17.6. The van der Waals surface area contributed by atoms with Crippen LogP contribution in [-0.4, -0.2) is 26.2 Å². The fourth-order valence-corrected chi connectivity index (χ4v) is 2.27. The van der Waals surface area contributed by atoms with E-state index in [1.165, 1.54) is 11.6 Å². The zero-order chi connectivity index (χ0) is 17.2. The van der Waals surface area contributed by atoms with E-state index in [2.05, 4.69) is 5.32 Å². The molecule has 0 fully saturated rings. The molecule has 0 aliphatic rings. The number of nitrogens with one attached hydrogen (secondary N) is 1. The minimum absolute atomic E-state index is 0.112. The summed E-state index contributed by atoms with van der Waals surface area (Å²) in [6, 6.07) is 15.7.